The number of halogens is 1. The van der Waals surface area contributed by atoms with Crippen molar-refractivity contribution in [3.8, 4) is 0 Å². The maximum Gasteiger partial charge on any atom is 0.338 e. The van der Waals surface area contributed by atoms with E-state index in [-0.39, 0.29) is 25.9 Å². The fraction of sp³-hybridized carbons (Fsp3) is 0.676. The molecule has 10 heteroatoms. The molecule has 0 aromatic heterocycles. The summed E-state index contributed by atoms with van der Waals surface area (Å²) < 4.78 is 25.6. The van der Waals surface area contributed by atoms with Crippen molar-refractivity contribution in [1.29, 1.82) is 0 Å². The molecule has 0 unspecified atom stereocenters. The Balaban J connectivity index is 1.81. The predicted molar refractivity (Wildman–Crippen MR) is 176 cm³/mol. The van der Waals surface area contributed by atoms with Gasteiger partial charge >= 0.3 is 11.9 Å². The first-order valence-electron chi connectivity index (χ1n) is 16.0. The van der Waals surface area contributed by atoms with Gasteiger partial charge in [-0.1, -0.05) is 45.6 Å². The monoisotopic (exact) mass is 727 g/mol. The Kier molecular flexibility index (Phi) is 14.1. The van der Waals surface area contributed by atoms with Crippen molar-refractivity contribution in [2.75, 3.05) is 6.61 Å². The van der Waals surface area contributed by atoms with Crippen LogP contribution in [-0.4, -0.2) is 65.3 Å². The molecule has 0 bridgehead atoms. The van der Waals surface area contributed by atoms with Crippen LogP contribution in [0.4, 0.5) is 0 Å². The molecule has 1 heterocycles. The zero-order chi connectivity index (χ0) is 32.3. The van der Waals surface area contributed by atoms with E-state index in [1.807, 2.05) is 6.07 Å². The maximum absolute atomic E-state index is 13.5. The minimum absolute atomic E-state index is 0.0532. The third-order valence-electron chi connectivity index (χ3n) is 7.78. The molecule has 1 aliphatic heterocycles. The molecule has 0 radical (unpaired) electrons. The Morgan fingerprint density at radius 2 is 1.77 bits per heavy atom. The molecule has 1 saturated heterocycles. The van der Waals surface area contributed by atoms with Gasteiger partial charge in [-0.3, -0.25) is 9.59 Å². The molecule has 1 aliphatic carbocycles. The first-order chi connectivity index (χ1) is 20.9. The fourth-order valence-corrected chi connectivity index (χ4v) is 6.14. The Labute approximate surface area is 275 Å². The number of aliphatic hydroxyl groups is 1. The number of nitrogens with one attached hydrogen (secondary N) is 1. The molecule has 2 aliphatic rings. The van der Waals surface area contributed by atoms with Crippen molar-refractivity contribution in [2.45, 2.75) is 141 Å². The van der Waals surface area contributed by atoms with Crippen molar-refractivity contribution in [3.05, 3.63) is 45.0 Å². The Bertz CT molecular complexity index is 1140. The maximum atomic E-state index is 13.5. The minimum atomic E-state index is -0.810. The molecule has 3 rings (SSSR count). The fourth-order valence-electron chi connectivity index (χ4n) is 5.59. The molecule has 2 N–H and O–H groups in total. The van der Waals surface area contributed by atoms with E-state index < -0.39 is 53.6 Å². The highest BCUT2D eigenvalue weighted by Gasteiger charge is 2.52. The number of aliphatic hydroxyl groups excluding tert-OH is 1. The number of fused-ring (bicyclic) bond motifs is 1. The SMILES string of the molecule is CCCCCC1(CCCCC)O[C@@H]2[C@@H](C=C(C(=O)N[C@H](CO)CCC(=O)OC(C)(C)C)C[C@H]2OC(=O)c2cccc(I)c2)O1. The molecule has 0 saturated carbocycles. The molecule has 9 nitrogen and oxygen atoms in total. The molecule has 1 amide bonds. The molecular formula is C34H50INO8. The van der Waals surface area contributed by atoms with E-state index in [9.17, 15) is 19.5 Å². The van der Waals surface area contributed by atoms with E-state index in [2.05, 4.69) is 41.8 Å². The molecule has 44 heavy (non-hydrogen) atoms. The summed E-state index contributed by atoms with van der Waals surface area (Å²) in [5, 5.41) is 12.8. The van der Waals surface area contributed by atoms with Gasteiger partial charge in [0.05, 0.1) is 18.2 Å². The van der Waals surface area contributed by atoms with E-state index in [0.29, 0.717) is 11.1 Å². The third-order valence-corrected chi connectivity index (χ3v) is 8.45. The summed E-state index contributed by atoms with van der Waals surface area (Å²) in [4.78, 5) is 39.0. The minimum Gasteiger partial charge on any atom is -0.460 e. The van der Waals surface area contributed by atoms with Gasteiger partial charge in [-0.25, -0.2) is 4.79 Å². The largest absolute Gasteiger partial charge is 0.460 e. The average molecular weight is 728 g/mol. The van der Waals surface area contributed by atoms with Gasteiger partial charge in [0.15, 0.2) is 5.79 Å². The smallest absolute Gasteiger partial charge is 0.338 e. The summed E-state index contributed by atoms with van der Waals surface area (Å²) in [6.45, 7) is 9.34. The Morgan fingerprint density at radius 1 is 1.09 bits per heavy atom. The lowest BCUT2D eigenvalue weighted by molar-refractivity contribution is -0.190. The van der Waals surface area contributed by atoms with Crippen molar-refractivity contribution in [3.63, 3.8) is 0 Å². The second-order valence-electron chi connectivity index (χ2n) is 12.8. The number of carbonyl (C=O) groups is 3. The highest BCUT2D eigenvalue weighted by atomic mass is 127. The van der Waals surface area contributed by atoms with E-state index in [0.717, 1.165) is 54.9 Å². The Morgan fingerprint density at radius 3 is 2.36 bits per heavy atom. The number of carbonyl (C=O) groups excluding carboxylic acids is 3. The second kappa shape index (κ2) is 17.1. The summed E-state index contributed by atoms with van der Waals surface area (Å²) >= 11 is 2.15. The summed E-state index contributed by atoms with van der Waals surface area (Å²) in [7, 11) is 0. The molecule has 4 atom stereocenters. The topological polar surface area (TPSA) is 120 Å². The first kappa shape index (κ1) is 36.4. The van der Waals surface area contributed by atoms with Crippen LogP contribution in [0.15, 0.2) is 35.9 Å². The molecule has 1 aromatic carbocycles. The van der Waals surface area contributed by atoms with Crippen LogP contribution in [-0.2, 0) is 28.5 Å². The van der Waals surface area contributed by atoms with Gasteiger partial charge in [-0.05, 0) is 86.9 Å². The van der Waals surface area contributed by atoms with Crippen LogP contribution in [0.25, 0.3) is 0 Å². The van der Waals surface area contributed by atoms with E-state index in [1.54, 1.807) is 45.0 Å². The summed E-state index contributed by atoms with van der Waals surface area (Å²) in [6.07, 6.45) is 7.90. The van der Waals surface area contributed by atoms with Gasteiger partial charge in [-0.15, -0.1) is 0 Å². The van der Waals surface area contributed by atoms with Gasteiger partial charge in [0, 0.05) is 34.8 Å². The average Bonchev–Trinajstić information content (AvgIpc) is 3.33. The van der Waals surface area contributed by atoms with Gasteiger partial charge in [-0.2, -0.15) is 0 Å². The number of hydrogen-bond acceptors (Lipinski definition) is 8. The van der Waals surface area contributed by atoms with Crippen LogP contribution in [0.3, 0.4) is 0 Å². The van der Waals surface area contributed by atoms with Crippen molar-refractivity contribution < 1.29 is 38.4 Å². The quantitative estimate of drug-likeness (QED) is 0.114. The van der Waals surface area contributed by atoms with Crippen LogP contribution < -0.4 is 5.32 Å². The van der Waals surface area contributed by atoms with Crippen LogP contribution in [0, 0.1) is 3.57 Å². The number of benzene rings is 1. The summed E-state index contributed by atoms with van der Waals surface area (Å²) in [6, 6.07) is 6.51. The first-order valence-corrected chi connectivity index (χ1v) is 17.1. The Hall–Kier alpha value is -2.02. The number of esters is 2. The predicted octanol–water partition coefficient (Wildman–Crippen LogP) is 6.39. The van der Waals surface area contributed by atoms with Gasteiger partial charge in [0.2, 0.25) is 5.91 Å². The van der Waals surface area contributed by atoms with Crippen molar-refractivity contribution in [1.82, 2.24) is 5.32 Å². The molecule has 246 valence electrons. The summed E-state index contributed by atoms with van der Waals surface area (Å²) in [5.41, 5.74) is 0.200. The highest BCUT2D eigenvalue weighted by Crippen LogP contribution is 2.43. The van der Waals surface area contributed by atoms with E-state index >= 15 is 0 Å². The third kappa shape index (κ3) is 11.1. The van der Waals surface area contributed by atoms with Gasteiger partial charge < -0.3 is 29.4 Å². The molecule has 1 aromatic rings. The van der Waals surface area contributed by atoms with Crippen LogP contribution in [0.5, 0.6) is 0 Å². The number of ether oxygens (including phenoxy) is 4. The van der Waals surface area contributed by atoms with Crippen LogP contribution in [0.2, 0.25) is 0 Å². The second-order valence-corrected chi connectivity index (χ2v) is 14.1. The highest BCUT2D eigenvalue weighted by molar-refractivity contribution is 14.1. The number of amides is 1. The standard InChI is InChI=1S/C34H50INO8/c1-6-8-10-17-34(18-11-9-7-2)42-28-21-24(31(39)36-26(22-37)15-16-29(38)43-33(3,4)5)20-27(30(28)44-34)41-32(40)23-13-12-14-25(35)19-23/h12-14,19,21,26-28,30,37H,6-11,15-18,20,22H2,1-5H3,(H,36,39)/t26-,27+,28+,30-/m0/s1. The van der Waals surface area contributed by atoms with Gasteiger partial charge in [0.25, 0.3) is 0 Å². The van der Waals surface area contributed by atoms with Crippen LogP contribution in [0.1, 0.15) is 116 Å². The van der Waals surface area contributed by atoms with Gasteiger partial charge in [0.1, 0.15) is 23.9 Å². The number of unbranched alkanes of at least 4 members (excludes halogenated alkanes) is 4. The zero-order valence-electron chi connectivity index (χ0n) is 26.9. The normalized spacial score (nSPS) is 21.6. The molecule has 1 fully saturated rings. The van der Waals surface area contributed by atoms with E-state index in [4.69, 9.17) is 18.9 Å². The van der Waals surface area contributed by atoms with Crippen molar-refractivity contribution >= 4 is 40.4 Å². The lowest BCUT2D eigenvalue weighted by Crippen LogP contribution is -2.45. The van der Waals surface area contributed by atoms with E-state index in [1.165, 1.54) is 0 Å². The summed E-state index contributed by atoms with van der Waals surface area (Å²) in [5.74, 6) is -2.10. The molecule has 0 spiro atoms. The number of hydrogen-bond donors (Lipinski definition) is 2. The lowest BCUT2D eigenvalue weighted by atomic mass is 9.91. The zero-order valence-corrected chi connectivity index (χ0v) is 29.0. The lowest BCUT2D eigenvalue weighted by Gasteiger charge is -2.31. The number of rotatable bonds is 16. The molecular weight excluding hydrogens is 677 g/mol. The van der Waals surface area contributed by atoms with Crippen LogP contribution >= 0.6 is 22.6 Å². The van der Waals surface area contributed by atoms with Crippen molar-refractivity contribution in [2.24, 2.45) is 0 Å².